The van der Waals surface area contributed by atoms with Gasteiger partial charge in [0.25, 0.3) is 0 Å². The summed E-state index contributed by atoms with van der Waals surface area (Å²) in [6, 6.07) is 6.11. The molecule has 17 heavy (non-hydrogen) atoms. The number of aryl methyl sites for hydroxylation is 1. The van der Waals surface area contributed by atoms with Gasteiger partial charge in [0.1, 0.15) is 0 Å². The summed E-state index contributed by atoms with van der Waals surface area (Å²) >= 11 is 1.53. The van der Waals surface area contributed by atoms with E-state index in [-0.39, 0.29) is 6.61 Å². The molecule has 1 unspecified atom stereocenters. The first-order valence-corrected chi connectivity index (χ1v) is 6.48. The Bertz CT molecular complexity index is 521. The Morgan fingerprint density at radius 3 is 3.00 bits per heavy atom. The number of hydrogen-bond donors (Lipinski definition) is 3. The summed E-state index contributed by atoms with van der Waals surface area (Å²) in [5, 5.41) is 9.92. The number of nitrogens with zero attached hydrogens (tertiary/aromatic N) is 1. The Balaban J connectivity index is 2.15. The Labute approximate surface area is 105 Å². The van der Waals surface area contributed by atoms with Gasteiger partial charge in [0, 0.05) is 11.3 Å². The zero-order chi connectivity index (χ0) is 12.5. The molecule has 2 rings (SSSR count). The maximum Gasteiger partial charge on any atom is 0.166 e. The number of aliphatic hydroxyl groups excluding tert-OH is 1. The summed E-state index contributed by atoms with van der Waals surface area (Å²) in [5.74, 6) is 0.627. The van der Waals surface area contributed by atoms with Crippen molar-refractivity contribution in [3.8, 4) is 0 Å². The lowest BCUT2D eigenvalue weighted by molar-refractivity contribution is 0.224. The van der Waals surface area contributed by atoms with E-state index in [1.54, 1.807) is 0 Å². The van der Waals surface area contributed by atoms with Crippen LogP contribution in [0.5, 0.6) is 0 Å². The van der Waals surface area contributed by atoms with Crippen LogP contribution in [0.4, 0.5) is 0 Å². The molecule has 0 radical (unpaired) electrons. The van der Waals surface area contributed by atoms with Gasteiger partial charge in [-0.3, -0.25) is 0 Å². The summed E-state index contributed by atoms with van der Waals surface area (Å²) in [6.45, 7) is 3.85. The van der Waals surface area contributed by atoms with Crippen molar-refractivity contribution in [2.75, 3.05) is 12.4 Å². The molecule has 1 heterocycles. The molecule has 0 amide bonds. The lowest BCUT2D eigenvalue weighted by Gasteiger charge is -2.19. The molecule has 4 N–H and O–H groups in total. The van der Waals surface area contributed by atoms with Gasteiger partial charge in [-0.25, -0.2) is 4.98 Å². The second-order valence-corrected chi connectivity index (χ2v) is 5.63. The molecule has 0 fully saturated rings. The number of thioether (sulfide) groups is 1. The highest BCUT2D eigenvalue weighted by atomic mass is 32.2. The minimum Gasteiger partial charge on any atom is -0.394 e. The molecule has 1 aromatic carbocycles. The van der Waals surface area contributed by atoms with Crippen LogP contribution in [0.1, 0.15) is 12.5 Å². The Hall–Kier alpha value is -1.04. The third-order valence-electron chi connectivity index (χ3n) is 2.52. The first-order valence-electron chi connectivity index (χ1n) is 5.49. The molecular weight excluding hydrogens is 234 g/mol. The van der Waals surface area contributed by atoms with Crippen LogP contribution in [0.25, 0.3) is 11.0 Å². The smallest absolute Gasteiger partial charge is 0.166 e. The van der Waals surface area contributed by atoms with Crippen molar-refractivity contribution in [1.29, 1.82) is 0 Å². The molecule has 0 saturated carbocycles. The summed E-state index contributed by atoms with van der Waals surface area (Å²) in [7, 11) is 0. The normalized spacial score (nSPS) is 15.1. The molecule has 0 aliphatic rings. The van der Waals surface area contributed by atoms with Gasteiger partial charge in [0.2, 0.25) is 0 Å². The second-order valence-electron chi connectivity index (χ2n) is 4.66. The largest absolute Gasteiger partial charge is 0.394 e. The molecular formula is C12H17N3OS. The monoisotopic (exact) mass is 251 g/mol. The predicted octanol–water partition coefficient (Wildman–Crippen LogP) is 1.67. The van der Waals surface area contributed by atoms with Crippen molar-refractivity contribution in [2.24, 2.45) is 5.73 Å². The average molecular weight is 251 g/mol. The quantitative estimate of drug-likeness (QED) is 0.723. The van der Waals surface area contributed by atoms with Crippen molar-refractivity contribution in [1.82, 2.24) is 9.97 Å². The lowest BCUT2D eigenvalue weighted by atomic mass is 10.1. The first-order chi connectivity index (χ1) is 8.00. The number of aromatic amines is 1. The molecule has 0 spiro atoms. The highest BCUT2D eigenvalue weighted by molar-refractivity contribution is 7.99. The minimum absolute atomic E-state index is 0.0284. The van der Waals surface area contributed by atoms with E-state index < -0.39 is 5.54 Å². The number of hydrogen-bond acceptors (Lipinski definition) is 4. The van der Waals surface area contributed by atoms with Gasteiger partial charge in [0.05, 0.1) is 17.6 Å². The van der Waals surface area contributed by atoms with E-state index in [1.807, 2.05) is 19.1 Å². The molecule has 1 aromatic heterocycles. The number of imidazole rings is 1. The second kappa shape index (κ2) is 4.68. The zero-order valence-electron chi connectivity index (χ0n) is 10.0. The summed E-state index contributed by atoms with van der Waals surface area (Å²) in [6.07, 6.45) is 0. The van der Waals surface area contributed by atoms with Crippen molar-refractivity contribution in [3.63, 3.8) is 0 Å². The van der Waals surface area contributed by atoms with Gasteiger partial charge in [-0.05, 0) is 31.5 Å². The van der Waals surface area contributed by atoms with Crippen LogP contribution in [-0.4, -0.2) is 33.0 Å². The van der Waals surface area contributed by atoms with Crippen LogP contribution in [-0.2, 0) is 0 Å². The van der Waals surface area contributed by atoms with Crippen LogP contribution >= 0.6 is 11.8 Å². The molecule has 4 nitrogen and oxygen atoms in total. The molecule has 2 aromatic rings. The predicted molar refractivity (Wildman–Crippen MR) is 71.2 cm³/mol. The zero-order valence-corrected chi connectivity index (χ0v) is 10.8. The number of nitrogens with one attached hydrogen (secondary N) is 1. The summed E-state index contributed by atoms with van der Waals surface area (Å²) in [4.78, 5) is 7.71. The maximum absolute atomic E-state index is 9.08. The summed E-state index contributed by atoms with van der Waals surface area (Å²) < 4.78 is 0. The number of aliphatic hydroxyl groups is 1. The highest BCUT2D eigenvalue weighted by Crippen LogP contribution is 2.22. The van der Waals surface area contributed by atoms with Gasteiger partial charge < -0.3 is 15.8 Å². The van der Waals surface area contributed by atoms with Crippen molar-refractivity contribution < 1.29 is 5.11 Å². The van der Waals surface area contributed by atoms with E-state index >= 15 is 0 Å². The van der Waals surface area contributed by atoms with E-state index in [0.29, 0.717) is 5.75 Å². The fourth-order valence-corrected chi connectivity index (χ4v) is 2.35. The molecule has 0 bridgehead atoms. The molecule has 5 heteroatoms. The lowest BCUT2D eigenvalue weighted by Crippen LogP contribution is -2.42. The van der Waals surface area contributed by atoms with Crippen LogP contribution in [0.3, 0.4) is 0 Å². The molecule has 92 valence electrons. The van der Waals surface area contributed by atoms with Gasteiger partial charge in [-0.1, -0.05) is 17.8 Å². The third-order valence-corrected chi connectivity index (χ3v) is 3.79. The molecule has 0 aliphatic heterocycles. The number of H-pyrrole nitrogens is 1. The number of aromatic nitrogens is 2. The number of fused-ring (bicyclic) bond motifs is 1. The van der Waals surface area contributed by atoms with E-state index in [1.165, 1.54) is 17.3 Å². The SMILES string of the molecule is Cc1ccc2nc(SCC(C)(N)CO)[nH]c2c1. The number of rotatable bonds is 4. The number of nitrogens with two attached hydrogens (primary N) is 1. The van der Waals surface area contributed by atoms with Crippen LogP contribution < -0.4 is 5.73 Å². The highest BCUT2D eigenvalue weighted by Gasteiger charge is 2.18. The van der Waals surface area contributed by atoms with Gasteiger partial charge >= 0.3 is 0 Å². The molecule has 0 saturated heterocycles. The van der Waals surface area contributed by atoms with Crippen LogP contribution in [0.15, 0.2) is 23.4 Å². The van der Waals surface area contributed by atoms with E-state index in [9.17, 15) is 0 Å². The van der Waals surface area contributed by atoms with Gasteiger partial charge in [0.15, 0.2) is 5.16 Å². The van der Waals surface area contributed by atoms with Crippen molar-refractivity contribution in [3.05, 3.63) is 23.8 Å². The first kappa shape index (κ1) is 12.4. The Morgan fingerprint density at radius 1 is 1.53 bits per heavy atom. The third kappa shape index (κ3) is 3.00. The number of benzene rings is 1. The molecule has 1 atom stereocenters. The Kier molecular flexibility index (Phi) is 3.42. The summed E-state index contributed by atoms with van der Waals surface area (Å²) in [5.41, 5.74) is 8.50. The minimum atomic E-state index is -0.570. The fraction of sp³-hybridized carbons (Fsp3) is 0.417. The van der Waals surface area contributed by atoms with E-state index in [2.05, 4.69) is 23.0 Å². The van der Waals surface area contributed by atoms with E-state index in [4.69, 9.17) is 10.8 Å². The Morgan fingerprint density at radius 2 is 2.29 bits per heavy atom. The molecule has 0 aliphatic carbocycles. The van der Waals surface area contributed by atoms with Crippen LogP contribution in [0.2, 0.25) is 0 Å². The average Bonchev–Trinajstić information content (AvgIpc) is 2.68. The topological polar surface area (TPSA) is 74.9 Å². The maximum atomic E-state index is 9.08. The van der Waals surface area contributed by atoms with Crippen LogP contribution in [0, 0.1) is 6.92 Å². The van der Waals surface area contributed by atoms with E-state index in [0.717, 1.165) is 16.2 Å². The fourth-order valence-electron chi connectivity index (χ4n) is 1.45. The van der Waals surface area contributed by atoms with Crippen molar-refractivity contribution >= 4 is 22.8 Å². The standard InChI is InChI=1S/C12H17N3OS/c1-8-3-4-9-10(5-8)15-11(14-9)17-7-12(2,13)6-16/h3-5,16H,6-7,13H2,1-2H3,(H,14,15). The van der Waals surface area contributed by atoms with Gasteiger partial charge in [-0.15, -0.1) is 0 Å². The van der Waals surface area contributed by atoms with Crippen molar-refractivity contribution in [2.45, 2.75) is 24.5 Å². The van der Waals surface area contributed by atoms with Gasteiger partial charge in [-0.2, -0.15) is 0 Å².